The molecule has 0 saturated carbocycles. The third-order valence-corrected chi connectivity index (χ3v) is 1.67. The zero-order valence-electron chi connectivity index (χ0n) is 6.28. The van der Waals surface area contributed by atoms with Gasteiger partial charge in [-0.05, 0) is 12.1 Å². The molecule has 0 aliphatic heterocycles. The molecule has 2 aromatic rings. The van der Waals surface area contributed by atoms with E-state index in [1.165, 1.54) is 0 Å². The Kier molecular flexibility index (Phi) is 1.28. The van der Waals surface area contributed by atoms with Gasteiger partial charge >= 0.3 is 0 Å². The molecule has 1 N–H and O–H groups in total. The van der Waals surface area contributed by atoms with Crippen molar-refractivity contribution >= 4 is 11.5 Å². The quantitative estimate of drug-likeness (QED) is 0.660. The maximum Gasteiger partial charge on any atom is 0.138 e. The average Bonchev–Trinajstić information content (AvgIpc) is 2.47. The summed E-state index contributed by atoms with van der Waals surface area (Å²) >= 11 is 0. The van der Waals surface area contributed by atoms with Gasteiger partial charge in [0.25, 0.3) is 0 Å². The van der Waals surface area contributed by atoms with Crippen LogP contribution in [-0.4, -0.2) is 16.4 Å². The van der Waals surface area contributed by atoms with E-state index >= 15 is 0 Å². The zero-order valence-corrected chi connectivity index (χ0v) is 6.28. The first-order valence-electron chi connectivity index (χ1n) is 3.51. The Balaban J connectivity index is 2.76. The van der Waals surface area contributed by atoms with Crippen molar-refractivity contribution in [3.63, 3.8) is 0 Å². The monoisotopic (exact) mass is 147 g/mol. The van der Waals surface area contributed by atoms with E-state index < -0.39 is 0 Å². The van der Waals surface area contributed by atoms with E-state index in [-0.39, 0.29) is 0 Å². The van der Waals surface area contributed by atoms with Crippen molar-refractivity contribution in [1.82, 2.24) is 9.38 Å². The fourth-order valence-corrected chi connectivity index (χ4v) is 1.12. The Morgan fingerprint density at radius 1 is 1.45 bits per heavy atom. The minimum atomic E-state index is 0.969. The van der Waals surface area contributed by atoms with Gasteiger partial charge in [-0.1, -0.05) is 6.07 Å². The Morgan fingerprint density at radius 2 is 2.36 bits per heavy atom. The van der Waals surface area contributed by atoms with Crippen LogP contribution >= 0.6 is 0 Å². The van der Waals surface area contributed by atoms with E-state index in [4.69, 9.17) is 0 Å². The van der Waals surface area contributed by atoms with Crippen LogP contribution in [0.4, 0.5) is 5.82 Å². The molecule has 2 heterocycles. The van der Waals surface area contributed by atoms with Gasteiger partial charge in [0.15, 0.2) is 0 Å². The van der Waals surface area contributed by atoms with E-state index in [1.807, 2.05) is 42.0 Å². The van der Waals surface area contributed by atoms with Gasteiger partial charge in [0.2, 0.25) is 0 Å². The SMILES string of the molecule is CNc1cnc2ccccn12. The molecule has 0 bridgehead atoms. The highest BCUT2D eigenvalue weighted by Gasteiger charge is 1.96. The molecule has 56 valence electrons. The fraction of sp³-hybridized carbons (Fsp3) is 0.125. The average molecular weight is 147 g/mol. The summed E-state index contributed by atoms with van der Waals surface area (Å²) in [6, 6.07) is 5.93. The Hall–Kier alpha value is -1.51. The van der Waals surface area contributed by atoms with Gasteiger partial charge in [-0.15, -0.1) is 0 Å². The minimum absolute atomic E-state index is 0.969. The summed E-state index contributed by atoms with van der Waals surface area (Å²) in [6.45, 7) is 0. The van der Waals surface area contributed by atoms with Gasteiger partial charge in [-0.25, -0.2) is 4.98 Å². The number of nitrogens with one attached hydrogen (secondary N) is 1. The van der Waals surface area contributed by atoms with Gasteiger partial charge in [-0.2, -0.15) is 0 Å². The van der Waals surface area contributed by atoms with Crippen molar-refractivity contribution in [2.75, 3.05) is 12.4 Å². The molecule has 2 aromatic heterocycles. The Labute approximate surface area is 64.7 Å². The maximum absolute atomic E-state index is 4.19. The molecule has 0 spiro atoms. The molecule has 0 unspecified atom stereocenters. The third kappa shape index (κ3) is 0.852. The van der Waals surface area contributed by atoms with Crippen molar-refractivity contribution in [3.8, 4) is 0 Å². The molecule has 0 aliphatic carbocycles. The number of hydrogen-bond donors (Lipinski definition) is 1. The van der Waals surface area contributed by atoms with Crippen LogP contribution in [0.1, 0.15) is 0 Å². The highest BCUT2D eigenvalue weighted by Crippen LogP contribution is 2.09. The number of aromatic nitrogens is 2. The second kappa shape index (κ2) is 2.27. The van der Waals surface area contributed by atoms with Crippen molar-refractivity contribution in [2.24, 2.45) is 0 Å². The largest absolute Gasteiger partial charge is 0.373 e. The molecule has 0 fully saturated rings. The van der Waals surface area contributed by atoms with E-state index in [0.29, 0.717) is 0 Å². The van der Waals surface area contributed by atoms with E-state index in [9.17, 15) is 0 Å². The smallest absolute Gasteiger partial charge is 0.138 e. The Bertz CT molecular complexity index is 364. The fourth-order valence-electron chi connectivity index (χ4n) is 1.12. The van der Waals surface area contributed by atoms with Crippen LogP contribution in [0.2, 0.25) is 0 Å². The number of rotatable bonds is 1. The lowest BCUT2D eigenvalue weighted by molar-refractivity contribution is 1.18. The molecule has 0 radical (unpaired) electrons. The van der Waals surface area contributed by atoms with E-state index in [2.05, 4.69) is 10.3 Å². The van der Waals surface area contributed by atoms with Gasteiger partial charge in [0.1, 0.15) is 11.5 Å². The van der Waals surface area contributed by atoms with Crippen LogP contribution in [0.3, 0.4) is 0 Å². The number of imidazole rings is 1. The molecule has 3 heteroatoms. The van der Waals surface area contributed by atoms with Gasteiger partial charge < -0.3 is 5.32 Å². The van der Waals surface area contributed by atoms with Gasteiger partial charge in [0, 0.05) is 13.2 Å². The minimum Gasteiger partial charge on any atom is -0.373 e. The number of nitrogens with zero attached hydrogens (tertiary/aromatic N) is 2. The van der Waals surface area contributed by atoms with Crippen LogP contribution in [0.25, 0.3) is 5.65 Å². The summed E-state index contributed by atoms with van der Waals surface area (Å²) in [4.78, 5) is 4.19. The van der Waals surface area contributed by atoms with Crippen LogP contribution in [0.5, 0.6) is 0 Å². The lowest BCUT2D eigenvalue weighted by Gasteiger charge is -1.97. The molecule has 11 heavy (non-hydrogen) atoms. The molecule has 3 nitrogen and oxygen atoms in total. The lowest BCUT2D eigenvalue weighted by atomic mass is 10.5. The van der Waals surface area contributed by atoms with E-state index in [0.717, 1.165) is 11.5 Å². The number of fused-ring (bicyclic) bond motifs is 1. The van der Waals surface area contributed by atoms with Crippen molar-refractivity contribution in [2.45, 2.75) is 0 Å². The van der Waals surface area contributed by atoms with Crippen molar-refractivity contribution < 1.29 is 0 Å². The maximum atomic E-state index is 4.19. The first kappa shape index (κ1) is 6.22. The predicted octanol–water partition coefficient (Wildman–Crippen LogP) is 1.38. The molecule has 0 aliphatic rings. The van der Waals surface area contributed by atoms with Crippen LogP contribution in [0, 0.1) is 0 Å². The van der Waals surface area contributed by atoms with Gasteiger partial charge in [-0.3, -0.25) is 4.40 Å². The molecule has 0 amide bonds. The summed E-state index contributed by atoms with van der Waals surface area (Å²) < 4.78 is 2.00. The topological polar surface area (TPSA) is 29.3 Å². The first-order chi connectivity index (χ1) is 5.42. The highest BCUT2D eigenvalue weighted by atomic mass is 15.1. The number of pyridine rings is 1. The number of anilines is 1. The second-order valence-electron chi connectivity index (χ2n) is 2.32. The predicted molar refractivity (Wildman–Crippen MR) is 44.7 cm³/mol. The molecular formula is C8H9N3. The van der Waals surface area contributed by atoms with Crippen LogP contribution in [-0.2, 0) is 0 Å². The van der Waals surface area contributed by atoms with Crippen LogP contribution < -0.4 is 5.32 Å². The van der Waals surface area contributed by atoms with Crippen molar-refractivity contribution in [1.29, 1.82) is 0 Å². The summed E-state index contributed by atoms with van der Waals surface area (Å²) in [6.07, 6.45) is 3.80. The van der Waals surface area contributed by atoms with Crippen LogP contribution in [0.15, 0.2) is 30.6 Å². The van der Waals surface area contributed by atoms with Gasteiger partial charge in [0.05, 0.1) is 6.20 Å². The van der Waals surface area contributed by atoms with Crippen molar-refractivity contribution in [3.05, 3.63) is 30.6 Å². The normalized spacial score (nSPS) is 10.3. The third-order valence-electron chi connectivity index (χ3n) is 1.67. The van der Waals surface area contributed by atoms with E-state index in [1.54, 1.807) is 0 Å². The summed E-state index contributed by atoms with van der Waals surface area (Å²) in [7, 11) is 1.89. The molecule has 0 aromatic carbocycles. The lowest BCUT2D eigenvalue weighted by Crippen LogP contribution is -1.92. The summed E-state index contributed by atoms with van der Waals surface area (Å²) in [5.41, 5.74) is 0.969. The summed E-state index contributed by atoms with van der Waals surface area (Å²) in [5, 5.41) is 3.05. The second-order valence-corrected chi connectivity index (χ2v) is 2.32. The zero-order chi connectivity index (χ0) is 7.68. The molecular weight excluding hydrogens is 138 g/mol. The molecule has 0 atom stereocenters. The summed E-state index contributed by atoms with van der Waals surface area (Å²) in [5.74, 6) is 1.01. The Morgan fingerprint density at radius 3 is 3.18 bits per heavy atom. The molecule has 2 rings (SSSR count). The standard InChI is InChI=1S/C8H9N3/c1-9-8-6-10-7-4-2-3-5-11(7)8/h2-6,9H,1H3. The number of hydrogen-bond acceptors (Lipinski definition) is 2. The molecule has 0 saturated heterocycles. The highest BCUT2D eigenvalue weighted by molar-refractivity contribution is 5.49. The first-order valence-corrected chi connectivity index (χ1v) is 3.51.